The van der Waals surface area contributed by atoms with E-state index < -0.39 is 0 Å². The Kier molecular flexibility index (Phi) is 3.41. The second-order valence-corrected chi connectivity index (χ2v) is 6.30. The summed E-state index contributed by atoms with van der Waals surface area (Å²) in [6.07, 6.45) is 5.82. The summed E-state index contributed by atoms with van der Waals surface area (Å²) in [7, 11) is 0. The molecule has 1 atom stereocenters. The Labute approximate surface area is 134 Å². The van der Waals surface area contributed by atoms with Crippen molar-refractivity contribution in [1.82, 2.24) is 19.7 Å². The fourth-order valence-corrected chi connectivity index (χ4v) is 3.43. The van der Waals surface area contributed by atoms with Gasteiger partial charge in [-0.15, -0.1) is 0 Å². The van der Waals surface area contributed by atoms with Gasteiger partial charge < -0.3 is 9.88 Å². The first-order valence-electron chi connectivity index (χ1n) is 8.08. The number of fused-ring (bicyclic) bond motifs is 1. The van der Waals surface area contributed by atoms with Crippen molar-refractivity contribution in [3.63, 3.8) is 0 Å². The molecule has 118 valence electrons. The summed E-state index contributed by atoms with van der Waals surface area (Å²) >= 11 is 0. The lowest BCUT2D eigenvalue weighted by atomic mass is 10.2. The van der Waals surface area contributed by atoms with Gasteiger partial charge >= 0.3 is 0 Å². The van der Waals surface area contributed by atoms with Gasteiger partial charge in [0.15, 0.2) is 0 Å². The average Bonchev–Trinajstić information content (AvgIpc) is 3.26. The maximum atomic E-state index is 12.9. The highest BCUT2D eigenvalue weighted by Gasteiger charge is 2.30. The summed E-state index contributed by atoms with van der Waals surface area (Å²) in [6.45, 7) is 3.64. The molecule has 1 aromatic carbocycles. The van der Waals surface area contributed by atoms with Crippen LogP contribution in [0.1, 0.15) is 28.9 Å². The normalized spacial score (nSPS) is 18.0. The molecule has 1 aliphatic heterocycles. The molecule has 1 amide bonds. The lowest BCUT2D eigenvalue weighted by Gasteiger charge is -2.24. The number of carbonyl (C=O) groups excluding carboxylic acids is 1. The summed E-state index contributed by atoms with van der Waals surface area (Å²) < 4.78 is 1.91. The minimum absolute atomic E-state index is 0.0912. The number of amides is 1. The average molecular weight is 308 g/mol. The molecule has 23 heavy (non-hydrogen) atoms. The first kappa shape index (κ1) is 14.1. The lowest BCUT2D eigenvalue weighted by molar-refractivity contribution is 0.0716. The van der Waals surface area contributed by atoms with E-state index in [0.717, 1.165) is 36.8 Å². The van der Waals surface area contributed by atoms with E-state index in [-0.39, 0.29) is 11.9 Å². The number of hydrogen-bond donors (Lipinski definition) is 1. The van der Waals surface area contributed by atoms with Crippen molar-refractivity contribution in [2.24, 2.45) is 0 Å². The van der Waals surface area contributed by atoms with Gasteiger partial charge in [0, 0.05) is 29.8 Å². The van der Waals surface area contributed by atoms with Crippen molar-refractivity contribution in [3.05, 3.63) is 54.0 Å². The zero-order valence-corrected chi connectivity index (χ0v) is 13.2. The molecule has 5 nitrogen and oxygen atoms in total. The van der Waals surface area contributed by atoms with Crippen LogP contribution in [0.25, 0.3) is 10.9 Å². The number of H-pyrrole nitrogens is 1. The minimum atomic E-state index is 0.0912. The molecule has 1 fully saturated rings. The quantitative estimate of drug-likeness (QED) is 0.808. The molecule has 0 saturated carbocycles. The monoisotopic (exact) mass is 308 g/mol. The predicted molar refractivity (Wildman–Crippen MR) is 89.3 cm³/mol. The molecule has 1 saturated heterocycles. The SMILES string of the molecule is Cc1ccc2cc(C(=O)N3CCCC3Cn3cccn3)[nH]c2c1. The molecule has 0 aliphatic carbocycles. The topological polar surface area (TPSA) is 53.9 Å². The number of aryl methyl sites for hydroxylation is 1. The van der Waals surface area contributed by atoms with Crippen molar-refractivity contribution >= 4 is 16.8 Å². The molecule has 3 heterocycles. The molecule has 0 radical (unpaired) electrons. The summed E-state index contributed by atoms with van der Waals surface area (Å²) in [5.41, 5.74) is 2.89. The van der Waals surface area contributed by atoms with Crippen molar-refractivity contribution < 1.29 is 4.79 Å². The third-order valence-electron chi connectivity index (χ3n) is 4.60. The number of carbonyl (C=O) groups is 1. The lowest BCUT2D eigenvalue weighted by Crippen LogP contribution is -2.38. The van der Waals surface area contributed by atoms with Gasteiger partial charge in [-0.1, -0.05) is 12.1 Å². The third kappa shape index (κ3) is 2.63. The molecule has 4 rings (SSSR count). The Bertz CT molecular complexity index is 834. The molecule has 1 N–H and O–H groups in total. The Morgan fingerprint density at radius 1 is 1.39 bits per heavy atom. The van der Waals surface area contributed by atoms with Crippen molar-refractivity contribution in [1.29, 1.82) is 0 Å². The van der Waals surface area contributed by atoms with E-state index in [2.05, 4.69) is 35.2 Å². The van der Waals surface area contributed by atoms with Crippen molar-refractivity contribution in [3.8, 4) is 0 Å². The molecule has 1 unspecified atom stereocenters. The zero-order chi connectivity index (χ0) is 15.8. The first-order valence-corrected chi connectivity index (χ1v) is 8.08. The molecule has 0 bridgehead atoms. The van der Waals surface area contributed by atoms with Gasteiger partial charge in [0.05, 0.1) is 12.6 Å². The Balaban J connectivity index is 1.58. The summed E-state index contributed by atoms with van der Waals surface area (Å²) in [5.74, 6) is 0.0912. The van der Waals surface area contributed by atoms with Crippen LogP contribution in [0.2, 0.25) is 0 Å². The predicted octanol–water partition coefficient (Wildman–Crippen LogP) is 2.98. The van der Waals surface area contributed by atoms with Crippen LogP contribution in [0.3, 0.4) is 0 Å². The van der Waals surface area contributed by atoms with E-state index in [1.165, 1.54) is 5.56 Å². The molecule has 5 heteroatoms. The van der Waals surface area contributed by atoms with Crippen LogP contribution in [0.15, 0.2) is 42.7 Å². The van der Waals surface area contributed by atoms with Crippen LogP contribution in [-0.4, -0.2) is 38.2 Å². The van der Waals surface area contributed by atoms with E-state index in [9.17, 15) is 4.79 Å². The van der Waals surface area contributed by atoms with Crippen LogP contribution in [0.4, 0.5) is 0 Å². The summed E-state index contributed by atoms with van der Waals surface area (Å²) in [4.78, 5) is 18.2. The van der Waals surface area contributed by atoms with E-state index >= 15 is 0 Å². The van der Waals surface area contributed by atoms with Gasteiger partial charge in [-0.05, 0) is 43.5 Å². The summed E-state index contributed by atoms with van der Waals surface area (Å²) in [6, 6.07) is 10.3. The van der Waals surface area contributed by atoms with E-state index in [4.69, 9.17) is 0 Å². The number of nitrogens with one attached hydrogen (secondary N) is 1. The van der Waals surface area contributed by atoms with E-state index in [0.29, 0.717) is 5.69 Å². The van der Waals surface area contributed by atoms with E-state index in [1.807, 2.05) is 27.9 Å². The number of likely N-dealkylation sites (tertiary alicyclic amines) is 1. The van der Waals surface area contributed by atoms with Crippen LogP contribution < -0.4 is 0 Å². The largest absolute Gasteiger partial charge is 0.351 e. The Morgan fingerprint density at radius 3 is 3.13 bits per heavy atom. The highest BCUT2D eigenvalue weighted by molar-refractivity contribution is 5.98. The second-order valence-electron chi connectivity index (χ2n) is 6.30. The van der Waals surface area contributed by atoms with Crippen LogP contribution >= 0.6 is 0 Å². The molecular weight excluding hydrogens is 288 g/mol. The molecule has 3 aromatic rings. The highest BCUT2D eigenvalue weighted by atomic mass is 16.2. The van der Waals surface area contributed by atoms with Crippen molar-refractivity contribution in [2.45, 2.75) is 32.4 Å². The van der Waals surface area contributed by atoms with E-state index in [1.54, 1.807) is 6.20 Å². The third-order valence-corrected chi connectivity index (χ3v) is 4.60. The Hall–Kier alpha value is -2.56. The van der Waals surface area contributed by atoms with Gasteiger partial charge in [0.1, 0.15) is 5.69 Å². The number of aromatic nitrogens is 3. The number of nitrogens with zero attached hydrogens (tertiary/aromatic N) is 3. The smallest absolute Gasteiger partial charge is 0.270 e. The van der Waals surface area contributed by atoms with Gasteiger partial charge in [-0.2, -0.15) is 5.10 Å². The van der Waals surface area contributed by atoms with Gasteiger partial charge in [0.25, 0.3) is 5.91 Å². The van der Waals surface area contributed by atoms with Crippen LogP contribution in [0.5, 0.6) is 0 Å². The molecular formula is C18H20N4O. The minimum Gasteiger partial charge on any atom is -0.351 e. The second kappa shape index (κ2) is 5.57. The molecule has 0 spiro atoms. The maximum Gasteiger partial charge on any atom is 0.270 e. The number of aromatic amines is 1. The zero-order valence-electron chi connectivity index (χ0n) is 13.2. The Morgan fingerprint density at radius 2 is 2.30 bits per heavy atom. The summed E-state index contributed by atoms with van der Waals surface area (Å²) in [5, 5.41) is 5.35. The van der Waals surface area contributed by atoms with Crippen LogP contribution in [-0.2, 0) is 6.54 Å². The highest BCUT2D eigenvalue weighted by Crippen LogP contribution is 2.23. The standard InChI is InChI=1S/C18H20N4O/c1-13-5-6-14-11-17(20-16(14)10-13)18(23)22-9-2-4-15(22)12-21-8-3-7-19-21/h3,5-8,10-11,15,20H,2,4,9,12H2,1H3. The maximum absolute atomic E-state index is 12.9. The fourth-order valence-electron chi connectivity index (χ4n) is 3.43. The van der Waals surface area contributed by atoms with Crippen LogP contribution in [0, 0.1) is 6.92 Å². The number of hydrogen-bond acceptors (Lipinski definition) is 2. The molecule has 2 aromatic heterocycles. The van der Waals surface area contributed by atoms with Gasteiger partial charge in [-0.25, -0.2) is 0 Å². The van der Waals surface area contributed by atoms with Crippen molar-refractivity contribution in [2.75, 3.05) is 6.54 Å². The molecule has 1 aliphatic rings. The first-order chi connectivity index (χ1) is 11.2. The van der Waals surface area contributed by atoms with Gasteiger partial charge in [0.2, 0.25) is 0 Å². The van der Waals surface area contributed by atoms with Gasteiger partial charge in [-0.3, -0.25) is 9.48 Å². The fraction of sp³-hybridized carbons (Fsp3) is 0.333. The number of rotatable bonds is 3. The number of benzene rings is 1.